The minimum Gasteiger partial charge on any atom is -1.00 e. The van der Waals surface area contributed by atoms with Crippen molar-refractivity contribution in [3.05, 3.63) is 71.4 Å². The average Bonchev–Trinajstić information content (AvgIpc) is 2.55. The summed E-state index contributed by atoms with van der Waals surface area (Å²) in [5, 5.41) is 1.66. The van der Waals surface area contributed by atoms with Gasteiger partial charge in [0.1, 0.15) is 5.75 Å². The second kappa shape index (κ2) is 7.75. The molecule has 0 amide bonds. The second-order valence-electron chi connectivity index (χ2n) is 4.99. The Morgan fingerprint density at radius 1 is 1.13 bits per heavy atom. The van der Waals surface area contributed by atoms with Crippen LogP contribution in [-0.2, 0) is 6.54 Å². The molecule has 3 rings (SSSR count). The van der Waals surface area contributed by atoms with Crippen LogP contribution in [0.4, 0.5) is 0 Å². The van der Waals surface area contributed by atoms with Crippen molar-refractivity contribution in [3.63, 3.8) is 0 Å². The first kappa shape index (κ1) is 17.7. The number of carbonyl (C=O) groups is 1. The minimum atomic E-state index is 0. The van der Waals surface area contributed by atoms with Gasteiger partial charge in [0.15, 0.2) is 6.20 Å². The summed E-state index contributed by atoms with van der Waals surface area (Å²) in [6, 6.07) is 16.7. The smallest absolute Gasteiger partial charge is 0.227 e. The summed E-state index contributed by atoms with van der Waals surface area (Å²) < 4.78 is 7.17. The molecule has 0 atom stereocenters. The van der Waals surface area contributed by atoms with Gasteiger partial charge in [-0.2, -0.15) is 4.57 Å². The van der Waals surface area contributed by atoms with Crippen molar-refractivity contribution < 1.29 is 38.1 Å². The number of fused-ring (bicyclic) bond motifs is 1. The fourth-order valence-corrected chi connectivity index (χ4v) is 2.53. The molecule has 2 aromatic carbocycles. The van der Waals surface area contributed by atoms with E-state index in [1.165, 1.54) is 0 Å². The van der Waals surface area contributed by atoms with Gasteiger partial charge in [-0.1, -0.05) is 11.6 Å². The first-order valence-corrected chi connectivity index (χ1v) is 7.30. The Morgan fingerprint density at radius 3 is 2.57 bits per heavy atom. The number of ketones is 1. The largest absolute Gasteiger partial charge is 1.00 e. The summed E-state index contributed by atoms with van der Waals surface area (Å²) >= 11 is 5.85. The fraction of sp³-hybridized carbons (Fsp3) is 0.111. The van der Waals surface area contributed by atoms with E-state index in [4.69, 9.17) is 16.3 Å². The number of Topliss-reactive ketones (excluding diaryl/α,β-unsaturated/α-hetero) is 1. The molecule has 0 aliphatic rings. The molecule has 0 radical (unpaired) electrons. The van der Waals surface area contributed by atoms with Gasteiger partial charge >= 0.3 is 0 Å². The molecule has 5 heteroatoms. The number of aromatic nitrogens is 1. The Labute approximate surface area is 156 Å². The number of nitrogens with zero attached hydrogens (tertiary/aromatic N) is 1. The van der Waals surface area contributed by atoms with Gasteiger partial charge < -0.3 is 28.7 Å². The number of methoxy groups -OCH3 is 1. The molecule has 0 spiro atoms. The highest BCUT2D eigenvalue weighted by atomic mass is 127. The maximum absolute atomic E-state index is 12.4. The highest BCUT2D eigenvalue weighted by molar-refractivity contribution is 6.30. The molecule has 0 saturated heterocycles. The Bertz CT molecular complexity index is 834. The molecule has 0 aliphatic carbocycles. The van der Waals surface area contributed by atoms with Crippen LogP contribution in [0.25, 0.3) is 10.9 Å². The van der Waals surface area contributed by atoms with E-state index in [1.54, 1.807) is 31.4 Å². The van der Waals surface area contributed by atoms with Crippen molar-refractivity contribution >= 4 is 28.3 Å². The predicted molar refractivity (Wildman–Crippen MR) is 86.5 cm³/mol. The molecule has 3 aromatic rings. The number of hydrogen-bond acceptors (Lipinski definition) is 2. The average molecular weight is 440 g/mol. The van der Waals surface area contributed by atoms with Crippen molar-refractivity contribution in [2.24, 2.45) is 0 Å². The van der Waals surface area contributed by atoms with Crippen LogP contribution in [0.2, 0.25) is 5.02 Å². The predicted octanol–water partition coefficient (Wildman–Crippen LogP) is 0.676. The molecule has 0 saturated carbocycles. The quantitative estimate of drug-likeness (QED) is 0.340. The van der Waals surface area contributed by atoms with Crippen molar-refractivity contribution in [2.45, 2.75) is 6.54 Å². The maximum Gasteiger partial charge on any atom is 0.227 e. The molecule has 0 aliphatic heterocycles. The third-order valence-corrected chi connectivity index (χ3v) is 3.82. The van der Waals surface area contributed by atoms with Crippen molar-refractivity contribution in [3.8, 4) is 5.75 Å². The Hall–Kier alpha value is -1.66. The number of rotatable bonds is 4. The molecule has 0 bridgehead atoms. The molecule has 118 valence electrons. The van der Waals surface area contributed by atoms with E-state index in [0.29, 0.717) is 10.6 Å². The lowest BCUT2D eigenvalue weighted by molar-refractivity contribution is -0.657. The summed E-state index contributed by atoms with van der Waals surface area (Å²) in [5.74, 6) is 0.847. The zero-order valence-electron chi connectivity index (χ0n) is 12.5. The van der Waals surface area contributed by atoms with Gasteiger partial charge in [-0.25, -0.2) is 0 Å². The molecular weight excluding hydrogens is 425 g/mol. The third-order valence-electron chi connectivity index (χ3n) is 3.57. The number of hydrogen-bond donors (Lipinski definition) is 0. The number of carbonyl (C=O) groups excluding carboxylic acids is 1. The van der Waals surface area contributed by atoms with Gasteiger partial charge in [-0.05, 0) is 42.5 Å². The summed E-state index contributed by atoms with van der Waals surface area (Å²) in [6.45, 7) is 0.283. The standard InChI is InChI=1S/C18H15ClNO2.HI/c1-22-16-8-9-17-14(11-16)3-2-10-20(17)12-18(21)13-4-6-15(19)7-5-13;/h2-11H,12H2,1H3;1H/q+1;/p-1. The summed E-state index contributed by atoms with van der Waals surface area (Å²) in [5.41, 5.74) is 1.65. The van der Waals surface area contributed by atoms with E-state index < -0.39 is 0 Å². The van der Waals surface area contributed by atoms with E-state index >= 15 is 0 Å². The van der Waals surface area contributed by atoms with Gasteiger partial charge in [-0.3, -0.25) is 4.79 Å². The third kappa shape index (κ3) is 4.00. The topological polar surface area (TPSA) is 30.2 Å². The molecule has 23 heavy (non-hydrogen) atoms. The van der Waals surface area contributed by atoms with Gasteiger partial charge in [0.2, 0.25) is 17.8 Å². The van der Waals surface area contributed by atoms with E-state index in [0.717, 1.165) is 16.7 Å². The fourth-order valence-electron chi connectivity index (χ4n) is 2.41. The molecule has 1 heterocycles. The normalized spacial score (nSPS) is 10.2. The summed E-state index contributed by atoms with van der Waals surface area (Å²) in [7, 11) is 1.64. The number of halogens is 2. The number of ether oxygens (including phenoxy) is 1. The maximum atomic E-state index is 12.4. The van der Waals surface area contributed by atoms with Gasteiger partial charge in [0.05, 0.1) is 12.5 Å². The van der Waals surface area contributed by atoms with E-state index in [9.17, 15) is 4.79 Å². The number of benzene rings is 2. The van der Waals surface area contributed by atoms with E-state index in [2.05, 4.69) is 0 Å². The van der Waals surface area contributed by atoms with E-state index in [-0.39, 0.29) is 36.3 Å². The van der Waals surface area contributed by atoms with Crippen molar-refractivity contribution in [1.82, 2.24) is 0 Å². The SMILES string of the molecule is COc1ccc2c(ccc[n+]2CC(=O)c2ccc(Cl)cc2)c1.[I-]. The molecule has 3 nitrogen and oxygen atoms in total. The summed E-state index contributed by atoms with van der Waals surface area (Å²) in [4.78, 5) is 12.4. The molecule has 1 aromatic heterocycles. The Balaban J connectivity index is 0.00000192. The van der Waals surface area contributed by atoms with Crippen LogP contribution >= 0.6 is 11.6 Å². The monoisotopic (exact) mass is 439 g/mol. The van der Waals surface area contributed by atoms with Gasteiger partial charge in [-0.15, -0.1) is 0 Å². The van der Waals surface area contributed by atoms with Crippen LogP contribution in [-0.4, -0.2) is 12.9 Å². The Kier molecular flexibility index (Phi) is 5.96. The summed E-state index contributed by atoms with van der Waals surface area (Å²) in [6.07, 6.45) is 1.91. The van der Waals surface area contributed by atoms with Crippen LogP contribution in [0.1, 0.15) is 10.4 Å². The lowest BCUT2D eigenvalue weighted by Gasteiger charge is -2.04. The Morgan fingerprint density at radius 2 is 1.87 bits per heavy atom. The van der Waals surface area contributed by atoms with Crippen LogP contribution in [0.5, 0.6) is 5.75 Å². The zero-order chi connectivity index (χ0) is 15.5. The highest BCUT2D eigenvalue weighted by Crippen LogP contribution is 2.18. The second-order valence-corrected chi connectivity index (χ2v) is 5.43. The molecule has 0 fully saturated rings. The number of pyridine rings is 1. The van der Waals surface area contributed by atoms with Gasteiger partial charge in [0.25, 0.3) is 0 Å². The van der Waals surface area contributed by atoms with Crippen LogP contribution in [0, 0.1) is 0 Å². The molecule has 0 unspecified atom stereocenters. The van der Waals surface area contributed by atoms with Gasteiger partial charge in [0, 0.05) is 22.7 Å². The van der Waals surface area contributed by atoms with Crippen LogP contribution in [0.15, 0.2) is 60.8 Å². The van der Waals surface area contributed by atoms with E-state index in [1.807, 2.05) is 41.1 Å². The lowest BCUT2D eigenvalue weighted by Crippen LogP contribution is -3.00. The zero-order valence-corrected chi connectivity index (χ0v) is 15.4. The lowest BCUT2D eigenvalue weighted by atomic mass is 10.1. The van der Waals surface area contributed by atoms with Crippen molar-refractivity contribution in [2.75, 3.05) is 7.11 Å². The molecule has 0 N–H and O–H groups in total. The van der Waals surface area contributed by atoms with Crippen molar-refractivity contribution in [1.29, 1.82) is 0 Å². The molecular formula is C18H15ClINO2. The minimum absolute atomic E-state index is 0. The van der Waals surface area contributed by atoms with Crippen LogP contribution in [0.3, 0.4) is 0 Å². The first-order valence-electron chi connectivity index (χ1n) is 6.92. The first-order chi connectivity index (χ1) is 10.7. The van der Waals surface area contributed by atoms with Crippen LogP contribution < -0.4 is 33.3 Å². The highest BCUT2D eigenvalue weighted by Gasteiger charge is 2.15.